The van der Waals surface area contributed by atoms with Crippen LogP contribution in [0.1, 0.15) is 6.92 Å². The molecule has 0 aromatic heterocycles. The Morgan fingerprint density at radius 1 is 1.22 bits per heavy atom. The molecule has 1 heterocycles. The summed E-state index contributed by atoms with van der Waals surface area (Å²) in [5.41, 5.74) is 1.09. The molecular weight excluding hydrogens is 296 g/mol. The van der Waals surface area contributed by atoms with E-state index in [0.717, 1.165) is 31.9 Å². The van der Waals surface area contributed by atoms with Crippen LogP contribution in [0.4, 0.5) is 5.69 Å². The number of carbonyl (C=O) groups excluding carboxylic acids is 1. The zero-order valence-corrected chi connectivity index (χ0v) is 11.9. The number of carbonyl (C=O) groups is 1. The first kappa shape index (κ1) is 13.2. The first-order valence-electron chi connectivity index (χ1n) is 6.05. The first-order chi connectivity index (χ1) is 8.58. The summed E-state index contributed by atoms with van der Waals surface area (Å²) < 4.78 is 0. The molecule has 1 atom stereocenters. The number of hydrogen-bond acceptors (Lipinski definition) is 3. The lowest BCUT2D eigenvalue weighted by molar-refractivity contribution is -0.130. The van der Waals surface area contributed by atoms with Crippen molar-refractivity contribution in [2.24, 2.45) is 0 Å². The van der Waals surface area contributed by atoms with Gasteiger partial charge in [-0.1, -0.05) is 15.9 Å². The van der Waals surface area contributed by atoms with Crippen molar-refractivity contribution in [3.05, 3.63) is 24.3 Å². The van der Waals surface area contributed by atoms with E-state index in [9.17, 15) is 9.90 Å². The van der Waals surface area contributed by atoms with Gasteiger partial charge in [-0.05, 0) is 31.2 Å². The molecule has 1 amide bonds. The molecule has 98 valence electrons. The highest BCUT2D eigenvalue weighted by Gasteiger charge is 2.23. The minimum Gasteiger partial charge on any atom is -0.508 e. The van der Waals surface area contributed by atoms with Crippen molar-refractivity contribution < 1.29 is 9.90 Å². The summed E-state index contributed by atoms with van der Waals surface area (Å²) in [7, 11) is 0. The monoisotopic (exact) mass is 312 g/mol. The number of anilines is 1. The van der Waals surface area contributed by atoms with Crippen molar-refractivity contribution in [3.63, 3.8) is 0 Å². The van der Waals surface area contributed by atoms with Gasteiger partial charge in [0.25, 0.3) is 0 Å². The van der Waals surface area contributed by atoms with Gasteiger partial charge in [0.1, 0.15) is 5.75 Å². The topological polar surface area (TPSA) is 43.8 Å². The molecule has 1 fully saturated rings. The Balaban J connectivity index is 1.94. The molecule has 0 bridgehead atoms. The normalized spacial score (nSPS) is 17.7. The number of phenols is 1. The Morgan fingerprint density at radius 2 is 1.78 bits per heavy atom. The maximum Gasteiger partial charge on any atom is 0.236 e. The van der Waals surface area contributed by atoms with Crippen LogP contribution >= 0.6 is 15.9 Å². The van der Waals surface area contributed by atoms with E-state index < -0.39 is 0 Å². The molecule has 1 saturated heterocycles. The molecule has 1 aromatic rings. The van der Waals surface area contributed by atoms with E-state index in [2.05, 4.69) is 20.8 Å². The predicted octanol–water partition coefficient (Wildman–Crippen LogP) is 1.82. The third kappa shape index (κ3) is 2.96. The van der Waals surface area contributed by atoms with E-state index in [4.69, 9.17) is 0 Å². The quantitative estimate of drug-likeness (QED) is 0.847. The van der Waals surface area contributed by atoms with Crippen molar-refractivity contribution in [1.29, 1.82) is 0 Å². The molecule has 1 unspecified atom stereocenters. The number of benzene rings is 1. The average Bonchev–Trinajstić information content (AvgIpc) is 2.39. The second kappa shape index (κ2) is 5.61. The smallest absolute Gasteiger partial charge is 0.236 e. The standard InChI is InChI=1S/C13H17BrN2O2/c1-10(14)13(18)16-8-6-15(7-9-16)11-2-4-12(17)5-3-11/h2-5,10,17H,6-9H2,1H3. The van der Waals surface area contributed by atoms with Gasteiger partial charge in [0.05, 0.1) is 4.83 Å². The van der Waals surface area contributed by atoms with Gasteiger partial charge in [0.15, 0.2) is 0 Å². The summed E-state index contributed by atoms with van der Waals surface area (Å²) in [5.74, 6) is 0.432. The van der Waals surface area contributed by atoms with Gasteiger partial charge < -0.3 is 14.9 Å². The number of nitrogens with zero attached hydrogens (tertiary/aromatic N) is 2. The molecule has 0 spiro atoms. The van der Waals surface area contributed by atoms with Crippen LogP contribution in [0, 0.1) is 0 Å². The van der Waals surface area contributed by atoms with Crippen LogP contribution in [-0.2, 0) is 4.79 Å². The van der Waals surface area contributed by atoms with Crippen molar-refractivity contribution in [2.75, 3.05) is 31.1 Å². The Hall–Kier alpha value is -1.23. The summed E-state index contributed by atoms with van der Waals surface area (Å²) in [5, 5.41) is 9.25. The minimum absolute atomic E-state index is 0.113. The van der Waals surface area contributed by atoms with Gasteiger partial charge in [0, 0.05) is 31.9 Å². The molecule has 18 heavy (non-hydrogen) atoms. The van der Waals surface area contributed by atoms with Crippen LogP contribution in [0.5, 0.6) is 5.75 Å². The Morgan fingerprint density at radius 3 is 2.28 bits per heavy atom. The van der Waals surface area contributed by atoms with E-state index in [1.807, 2.05) is 24.0 Å². The van der Waals surface area contributed by atoms with Gasteiger partial charge in [-0.15, -0.1) is 0 Å². The number of amides is 1. The maximum absolute atomic E-state index is 11.8. The zero-order valence-electron chi connectivity index (χ0n) is 10.3. The SMILES string of the molecule is CC(Br)C(=O)N1CCN(c2ccc(O)cc2)CC1. The molecule has 0 aliphatic carbocycles. The highest BCUT2D eigenvalue weighted by atomic mass is 79.9. The average molecular weight is 313 g/mol. The number of aromatic hydroxyl groups is 1. The molecule has 0 saturated carbocycles. The zero-order chi connectivity index (χ0) is 13.1. The molecule has 2 rings (SSSR count). The third-order valence-corrected chi connectivity index (χ3v) is 3.54. The van der Waals surface area contributed by atoms with Gasteiger partial charge in [-0.2, -0.15) is 0 Å². The van der Waals surface area contributed by atoms with Gasteiger partial charge in [-0.3, -0.25) is 4.79 Å². The Labute approximate surface area is 115 Å². The van der Waals surface area contributed by atoms with Crippen LogP contribution < -0.4 is 4.90 Å². The molecule has 1 aliphatic rings. The fourth-order valence-electron chi connectivity index (χ4n) is 2.10. The summed E-state index contributed by atoms with van der Waals surface area (Å²) in [6.45, 7) is 5.01. The van der Waals surface area contributed by atoms with Gasteiger partial charge in [0.2, 0.25) is 5.91 Å². The Bertz CT molecular complexity index is 412. The fraction of sp³-hybridized carbons (Fsp3) is 0.462. The van der Waals surface area contributed by atoms with E-state index in [1.54, 1.807) is 12.1 Å². The van der Waals surface area contributed by atoms with Crippen LogP contribution in [0.2, 0.25) is 0 Å². The summed E-state index contributed by atoms with van der Waals surface area (Å²) in [6.07, 6.45) is 0. The number of phenolic OH excluding ortho intramolecular Hbond substituents is 1. The highest BCUT2D eigenvalue weighted by Crippen LogP contribution is 2.20. The van der Waals surface area contributed by atoms with E-state index >= 15 is 0 Å². The van der Waals surface area contributed by atoms with Crippen LogP contribution in [0.3, 0.4) is 0 Å². The second-order valence-electron chi connectivity index (χ2n) is 4.44. The number of alkyl halides is 1. The number of rotatable bonds is 2. The van der Waals surface area contributed by atoms with Gasteiger partial charge >= 0.3 is 0 Å². The van der Waals surface area contributed by atoms with E-state index in [1.165, 1.54) is 0 Å². The minimum atomic E-state index is -0.113. The van der Waals surface area contributed by atoms with E-state index in [0.29, 0.717) is 0 Å². The third-order valence-electron chi connectivity index (χ3n) is 3.15. The highest BCUT2D eigenvalue weighted by molar-refractivity contribution is 9.10. The summed E-state index contributed by atoms with van der Waals surface area (Å²) in [6, 6.07) is 7.18. The molecule has 0 radical (unpaired) electrons. The number of hydrogen-bond donors (Lipinski definition) is 1. The lowest BCUT2D eigenvalue weighted by atomic mass is 10.2. The van der Waals surface area contributed by atoms with Crippen molar-refractivity contribution in [3.8, 4) is 5.75 Å². The molecular formula is C13H17BrN2O2. The van der Waals surface area contributed by atoms with Crippen molar-refractivity contribution >= 4 is 27.5 Å². The molecule has 5 heteroatoms. The van der Waals surface area contributed by atoms with Crippen molar-refractivity contribution in [2.45, 2.75) is 11.8 Å². The molecule has 1 aliphatic heterocycles. The second-order valence-corrected chi connectivity index (χ2v) is 5.82. The molecule has 1 aromatic carbocycles. The summed E-state index contributed by atoms with van der Waals surface area (Å²) >= 11 is 3.31. The van der Waals surface area contributed by atoms with Crippen molar-refractivity contribution in [1.82, 2.24) is 4.90 Å². The Kier molecular flexibility index (Phi) is 4.11. The number of piperazine rings is 1. The lowest BCUT2D eigenvalue weighted by Gasteiger charge is -2.36. The predicted molar refractivity (Wildman–Crippen MR) is 75.3 cm³/mol. The van der Waals surface area contributed by atoms with Crippen LogP contribution in [-0.4, -0.2) is 46.9 Å². The largest absolute Gasteiger partial charge is 0.508 e. The lowest BCUT2D eigenvalue weighted by Crippen LogP contribution is -2.50. The first-order valence-corrected chi connectivity index (χ1v) is 6.96. The van der Waals surface area contributed by atoms with Crippen LogP contribution in [0.15, 0.2) is 24.3 Å². The number of halogens is 1. The molecule has 4 nitrogen and oxygen atoms in total. The van der Waals surface area contributed by atoms with Crippen LogP contribution in [0.25, 0.3) is 0 Å². The summed E-state index contributed by atoms with van der Waals surface area (Å²) in [4.78, 5) is 15.8. The maximum atomic E-state index is 11.8. The van der Waals surface area contributed by atoms with E-state index in [-0.39, 0.29) is 16.5 Å². The molecule has 1 N–H and O–H groups in total. The fourth-order valence-corrected chi connectivity index (χ4v) is 2.39. The van der Waals surface area contributed by atoms with Gasteiger partial charge in [-0.25, -0.2) is 0 Å².